The molecule has 0 atom stereocenters. The Kier molecular flexibility index (Phi) is 4.27. The van der Waals surface area contributed by atoms with Crippen LogP contribution in [0.1, 0.15) is 5.56 Å². The zero-order valence-corrected chi connectivity index (χ0v) is 14.2. The molecule has 2 aromatic heterocycles. The fraction of sp³-hybridized carbons (Fsp3) is 0.0500. The van der Waals surface area contributed by atoms with Crippen molar-refractivity contribution in [1.82, 2.24) is 14.7 Å². The molecule has 0 bridgehead atoms. The monoisotopic (exact) mass is 360 g/mol. The van der Waals surface area contributed by atoms with Gasteiger partial charge in [-0.1, -0.05) is 36.4 Å². The van der Waals surface area contributed by atoms with Crippen LogP contribution in [0.25, 0.3) is 22.2 Å². The molecule has 0 saturated carbocycles. The molecule has 0 aliphatic carbocycles. The minimum atomic E-state index is -0.806. The summed E-state index contributed by atoms with van der Waals surface area (Å²) in [6, 6.07) is 18.7. The third-order valence-electron chi connectivity index (χ3n) is 4.23. The molecule has 0 radical (unpaired) electrons. The Hall–Kier alpha value is -3.71. The number of nitrogens with zero attached hydrogens (tertiary/aromatic N) is 3. The molecule has 4 aromatic rings. The van der Waals surface area contributed by atoms with E-state index in [1.807, 2.05) is 48.5 Å². The summed E-state index contributed by atoms with van der Waals surface area (Å²) in [5.41, 5.74) is 2.89. The molecular weight excluding hydrogens is 344 g/mol. The van der Waals surface area contributed by atoms with Crippen molar-refractivity contribution < 1.29 is 10.3 Å². The fourth-order valence-corrected chi connectivity index (χ4v) is 2.86. The van der Waals surface area contributed by atoms with Gasteiger partial charge in [0.2, 0.25) is 0 Å². The fourth-order valence-electron chi connectivity index (χ4n) is 2.86. The molecule has 0 unspecified atom stereocenters. The van der Waals surface area contributed by atoms with E-state index in [4.69, 9.17) is 5.11 Å². The lowest BCUT2D eigenvalue weighted by atomic mass is 10.0. The van der Waals surface area contributed by atoms with Gasteiger partial charge in [0.15, 0.2) is 5.65 Å². The van der Waals surface area contributed by atoms with Crippen LogP contribution in [0.5, 0.6) is 0 Å². The summed E-state index contributed by atoms with van der Waals surface area (Å²) in [5, 5.41) is 22.6. The smallest absolute Gasteiger partial charge is 0.384 e. The van der Waals surface area contributed by atoms with E-state index in [0.29, 0.717) is 15.9 Å². The standard InChI is InChI=1S/C20H16N4O3/c25-12-13-6-8-14(9-7-13)15-3-1-4-16(11-15)22-18-17-5-2-10-21-19(17)24(27)20(26)23-18/h1-11,25,27H,12H2,(H,22,23,26). The van der Waals surface area contributed by atoms with Crippen molar-refractivity contribution in [2.75, 3.05) is 5.32 Å². The third kappa shape index (κ3) is 3.23. The predicted molar refractivity (Wildman–Crippen MR) is 102 cm³/mol. The summed E-state index contributed by atoms with van der Waals surface area (Å²) < 4.78 is 0.430. The summed E-state index contributed by atoms with van der Waals surface area (Å²) in [6.07, 6.45) is 1.49. The van der Waals surface area contributed by atoms with Crippen LogP contribution < -0.4 is 11.0 Å². The van der Waals surface area contributed by atoms with E-state index >= 15 is 0 Å². The lowest BCUT2D eigenvalue weighted by Gasteiger charge is -2.11. The molecule has 2 heterocycles. The van der Waals surface area contributed by atoms with Gasteiger partial charge in [0, 0.05) is 11.9 Å². The van der Waals surface area contributed by atoms with Crippen molar-refractivity contribution in [3.8, 4) is 11.1 Å². The van der Waals surface area contributed by atoms with Gasteiger partial charge in [-0.05, 0) is 41.0 Å². The Bertz CT molecular complexity index is 1170. The van der Waals surface area contributed by atoms with Crippen molar-refractivity contribution in [1.29, 1.82) is 0 Å². The maximum atomic E-state index is 11.9. The van der Waals surface area contributed by atoms with Crippen LogP contribution >= 0.6 is 0 Å². The molecule has 0 spiro atoms. The first kappa shape index (κ1) is 16.7. The minimum absolute atomic E-state index is 0.00501. The number of aliphatic hydroxyl groups is 1. The number of hydrogen-bond acceptors (Lipinski definition) is 6. The molecular formula is C20H16N4O3. The molecule has 2 aromatic carbocycles. The van der Waals surface area contributed by atoms with Crippen molar-refractivity contribution in [3.63, 3.8) is 0 Å². The second kappa shape index (κ2) is 6.89. The van der Waals surface area contributed by atoms with Crippen LogP contribution in [0.15, 0.2) is 71.7 Å². The first-order valence-corrected chi connectivity index (χ1v) is 8.30. The number of nitrogens with one attached hydrogen (secondary N) is 1. The van der Waals surface area contributed by atoms with E-state index < -0.39 is 5.69 Å². The maximum absolute atomic E-state index is 11.9. The van der Waals surface area contributed by atoms with Crippen molar-refractivity contribution in [2.45, 2.75) is 6.61 Å². The minimum Gasteiger partial charge on any atom is -0.422 e. The topological polar surface area (TPSA) is 100 Å². The highest BCUT2D eigenvalue weighted by Gasteiger charge is 2.11. The van der Waals surface area contributed by atoms with Crippen LogP contribution in [0.3, 0.4) is 0 Å². The van der Waals surface area contributed by atoms with Gasteiger partial charge in [-0.25, -0.2) is 9.78 Å². The molecule has 7 heteroatoms. The van der Waals surface area contributed by atoms with Gasteiger partial charge in [-0.3, -0.25) is 0 Å². The Morgan fingerprint density at radius 2 is 1.81 bits per heavy atom. The Labute approximate surface area is 154 Å². The lowest BCUT2D eigenvalue weighted by molar-refractivity contribution is 0.182. The third-order valence-corrected chi connectivity index (χ3v) is 4.23. The van der Waals surface area contributed by atoms with Crippen LogP contribution in [0, 0.1) is 0 Å². The highest BCUT2D eigenvalue weighted by molar-refractivity contribution is 5.88. The largest absolute Gasteiger partial charge is 0.422 e. The number of pyridine rings is 1. The van der Waals surface area contributed by atoms with E-state index in [1.165, 1.54) is 6.20 Å². The van der Waals surface area contributed by atoms with Crippen molar-refractivity contribution in [2.24, 2.45) is 0 Å². The summed E-state index contributed by atoms with van der Waals surface area (Å²) in [7, 11) is 0. The molecule has 0 fully saturated rings. The zero-order valence-electron chi connectivity index (χ0n) is 14.2. The van der Waals surface area contributed by atoms with Gasteiger partial charge in [0.1, 0.15) is 5.82 Å². The Morgan fingerprint density at radius 1 is 1.00 bits per heavy atom. The number of aliphatic hydroxyl groups excluding tert-OH is 1. The number of fused-ring (bicyclic) bond motifs is 1. The van der Waals surface area contributed by atoms with Gasteiger partial charge < -0.3 is 15.6 Å². The molecule has 7 nitrogen and oxygen atoms in total. The van der Waals surface area contributed by atoms with E-state index in [9.17, 15) is 10.0 Å². The van der Waals surface area contributed by atoms with Gasteiger partial charge >= 0.3 is 5.69 Å². The SMILES string of the molecule is O=c1nc(Nc2cccc(-c3ccc(CO)cc3)c2)c2cccnc2n1O. The van der Waals surface area contributed by atoms with Crippen LogP contribution in [-0.4, -0.2) is 25.0 Å². The molecule has 134 valence electrons. The highest BCUT2D eigenvalue weighted by Crippen LogP contribution is 2.26. The molecule has 3 N–H and O–H groups in total. The molecule has 0 aliphatic rings. The van der Waals surface area contributed by atoms with Gasteiger partial charge in [-0.2, -0.15) is 4.98 Å². The summed E-state index contributed by atoms with van der Waals surface area (Å²) in [5.74, 6) is 0.321. The van der Waals surface area contributed by atoms with E-state index in [2.05, 4.69) is 15.3 Å². The Balaban J connectivity index is 1.73. The number of rotatable bonds is 4. The van der Waals surface area contributed by atoms with Crippen LogP contribution in [0.4, 0.5) is 11.5 Å². The van der Waals surface area contributed by atoms with Crippen molar-refractivity contribution >= 4 is 22.5 Å². The Morgan fingerprint density at radius 3 is 2.59 bits per heavy atom. The van der Waals surface area contributed by atoms with Gasteiger partial charge in [0.25, 0.3) is 0 Å². The second-order valence-electron chi connectivity index (χ2n) is 5.99. The average Bonchev–Trinajstić information content (AvgIpc) is 2.72. The number of anilines is 2. The molecule has 4 rings (SSSR count). The molecule has 0 amide bonds. The zero-order chi connectivity index (χ0) is 18.8. The number of hydrogen-bond donors (Lipinski definition) is 3. The van der Waals surface area contributed by atoms with Crippen LogP contribution in [-0.2, 0) is 6.61 Å². The maximum Gasteiger partial charge on any atom is 0.384 e. The van der Waals surface area contributed by atoms with E-state index in [-0.39, 0.29) is 12.3 Å². The molecule has 0 aliphatic heterocycles. The van der Waals surface area contributed by atoms with E-state index in [0.717, 1.165) is 22.4 Å². The summed E-state index contributed by atoms with van der Waals surface area (Å²) in [6.45, 7) is 0.00501. The number of benzene rings is 2. The number of aromatic nitrogens is 3. The van der Waals surface area contributed by atoms with Crippen LogP contribution in [0.2, 0.25) is 0 Å². The quantitative estimate of drug-likeness (QED) is 0.484. The average molecular weight is 360 g/mol. The first-order valence-electron chi connectivity index (χ1n) is 8.30. The molecule has 0 saturated heterocycles. The van der Waals surface area contributed by atoms with Gasteiger partial charge in [0.05, 0.1) is 12.0 Å². The second-order valence-corrected chi connectivity index (χ2v) is 5.99. The normalized spacial score (nSPS) is 10.9. The first-order chi connectivity index (χ1) is 13.2. The summed E-state index contributed by atoms with van der Waals surface area (Å²) >= 11 is 0. The highest BCUT2D eigenvalue weighted by atomic mass is 16.5. The lowest BCUT2D eigenvalue weighted by Crippen LogP contribution is -2.23. The predicted octanol–water partition coefficient (Wildman–Crippen LogP) is 2.93. The van der Waals surface area contributed by atoms with E-state index in [1.54, 1.807) is 12.1 Å². The van der Waals surface area contributed by atoms with Crippen molar-refractivity contribution in [3.05, 3.63) is 82.9 Å². The summed E-state index contributed by atoms with van der Waals surface area (Å²) in [4.78, 5) is 19.8. The molecule has 27 heavy (non-hydrogen) atoms. The van der Waals surface area contributed by atoms with Gasteiger partial charge in [-0.15, -0.1) is 4.73 Å².